The molecule has 138 valence electrons. The Hall–Kier alpha value is -3.02. The number of nitrogens with one attached hydrogen (secondary N) is 2. The summed E-state index contributed by atoms with van der Waals surface area (Å²) >= 11 is 0. The topological polar surface area (TPSA) is 76.7 Å². The molecular weight excluding hydrogens is 332 g/mol. The fourth-order valence-electron chi connectivity index (χ4n) is 2.43. The van der Waals surface area contributed by atoms with Crippen molar-refractivity contribution >= 4 is 23.2 Å². The molecule has 0 aliphatic carbocycles. The van der Waals surface area contributed by atoms with E-state index < -0.39 is 0 Å². The molecule has 6 nitrogen and oxygen atoms in total. The Labute approximate surface area is 153 Å². The minimum atomic E-state index is -0.214. The van der Waals surface area contributed by atoms with E-state index in [4.69, 9.17) is 9.47 Å². The minimum absolute atomic E-state index is 0.172. The number of benzene rings is 2. The van der Waals surface area contributed by atoms with Crippen molar-refractivity contribution in [3.8, 4) is 11.5 Å². The maximum Gasteiger partial charge on any atom is 0.227 e. The Morgan fingerprint density at radius 2 is 1.81 bits per heavy atom. The van der Waals surface area contributed by atoms with Gasteiger partial charge in [0.1, 0.15) is 11.5 Å². The normalized spacial score (nSPS) is 10.2. The third kappa shape index (κ3) is 5.24. The summed E-state index contributed by atoms with van der Waals surface area (Å²) in [7, 11) is 1.52. The Bertz CT molecular complexity index is 802. The molecule has 0 aromatic heterocycles. The van der Waals surface area contributed by atoms with Crippen LogP contribution >= 0.6 is 0 Å². The van der Waals surface area contributed by atoms with Crippen molar-refractivity contribution in [2.24, 2.45) is 0 Å². The van der Waals surface area contributed by atoms with Crippen molar-refractivity contribution in [3.05, 3.63) is 47.5 Å². The van der Waals surface area contributed by atoms with E-state index in [2.05, 4.69) is 10.6 Å². The van der Waals surface area contributed by atoms with Crippen LogP contribution in [0.5, 0.6) is 11.5 Å². The van der Waals surface area contributed by atoms with Gasteiger partial charge in [0.05, 0.1) is 25.8 Å². The van der Waals surface area contributed by atoms with E-state index in [1.54, 1.807) is 18.2 Å². The fraction of sp³-hybridized carbons (Fsp3) is 0.300. The highest BCUT2D eigenvalue weighted by molar-refractivity contribution is 5.94. The lowest BCUT2D eigenvalue weighted by Crippen LogP contribution is -2.16. The number of hydrogen-bond donors (Lipinski definition) is 2. The Morgan fingerprint density at radius 1 is 1.04 bits per heavy atom. The molecule has 0 aliphatic rings. The summed E-state index contributed by atoms with van der Waals surface area (Å²) in [5.41, 5.74) is 3.30. The van der Waals surface area contributed by atoms with Crippen LogP contribution in [0, 0.1) is 13.8 Å². The second-order valence-electron chi connectivity index (χ2n) is 5.94. The molecule has 2 amide bonds. The number of aryl methyl sites for hydroxylation is 1. The lowest BCUT2D eigenvalue weighted by molar-refractivity contribution is -0.116. The van der Waals surface area contributed by atoms with Crippen LogP contribution in [-0.4, -0.2) is 25.5 Å². The van der Waals surface area contributed by atoms with E-state index in [0.29, 0.717) is 17.1 Å². The van der Waals surface area contributed by atoms with Crippen molar-refractivity contribution in [3.63, 3.8) is 0 Å². The molecule has 0 spiro atoms. The molecule has 0 saturated carbocycles. The van der Waals surface area contributed by atoms with E-state index >= 15 is 0 Å². The molecule has 2 rings (SSSR count). The number of anilines is 2. The van der Waals surface area contributed by atoms with E-state index in [-0.39, 0.29) is 24.8 Å². The van der Waals surface area contributed by atoms with Crippen molar-refractivity contribution in [2.75, 3.05) is 24.4 Å². The summed E-state index contributed by atoms with van der Waals surface area (Å²) in [6, 6.07) is 10.9. The number of hydrogen-bond acceptors (Lipinski definition) is 4. The van der Waals surface area contributed by atoms with Gasteiger partial charge in [-0.2, -0.15) is 0 Å². The van der Waals surface area contributed by atoms with Gasteiger partial charge in [0.2, 0.25) is 11.8 Å². The summed E-state index contributed by atoms with van der Waals surface area (Å²) in [4.78, 5) is 23.4. The van der Waals surface area contributed by atoms with Crippen molar-refractivity contribution in [1.82, 2.24) is 0 Å². The zero-order valence-electron chi connectivity index (χ0n) is 15.5. The number of methoxy groups -OCH3 is 1. The van der Waals surface area contributed by atoms with Gasteiger partial charge in [0.25, 0.3) is 0 Å². The molecule has 26 heavy (non-hydrogen) atoms. The maximum atomic E-state index is 12.1. The summed E-state index contributed by atoms with van der Waals surface area (Å²) in [6.07, 6.45) is 0.217. The lowest BCUT2D eigenvalue weighted by atomic mass is 10.1. The second-order valence-corrected chi connectivity index (χ2v) is 5.94. The van der Waals surface area contributed by atoms with Crippen molar-refractivity contribution in [1.29, 1.82) is 0 Å². The predicted octanol–water partition coefficient (Wildman–Crippen LogP) is 3.68. The quantitative estimate of drug-likeness (QED) is 0.793. The van der Waals surface area contributed by atoms with Crippen LogP contribution in [0.3, 0.4) is 0 Å². The molecule has 2 aromatic carbocycles. The summed E-state index contributed by atoms with van der Waals surface area (Å²) in [5.74, 6) is 0.926. The lowest BCUT2D eigenvalue weighted by Gasteiger charge is -2.13. The average Bonchev–Trinajstić information content (AvgIpc) is 2.58. The summed E-state index contributed by atoms with van der Waals surface area (Å²) < 4.78 is 10.9. The molecule has 2 aromatic rings. The van der Waals surface area contributed by atoms with Gasteiger partial charge in [-0.3, -0.25) is 9.59 Å². The third-order valence-corrected chi connectivity index (χ3v) is 3.94. The fourth-order valence-corrected chi connectivity index (χ4v) is 2.43. The van der Waals surface area contributed by atoms with Crippen LogP contribution in [0.2, 0.25) is 0 Å². The Morgan fingerprint density at radius 3 is 2.50 bits per heavy atom. The van der Waals surface area contributed by atoms with Crippen LogP contribution in [0.15, 0.2) is 36.4 Å². The largest absolute Gasteiger partial charge is 0.495 e. The molecule has 2 N–H and O–H groups in total. The standard InChI is InChI=1S/C20H24N2O4/c1-13-6-5-7-18(14(13)2)26-11-10-20(24)22-16-8-9-19(25-4)17(12-16)21-15(3)23/h5-9,12H,10-11H2,1-4H3,(H,21,23)(H,22,24). The van der Waals surface area contributed by atoms with E-state index in [0.717, 1.165) is 16.9 Å². The molecule has 0 bridgehead atoms. The molecule has 0 fully saturated rings. The van der Waals surface area contributed by atoms with Gasteiger partial charge in [-0.15, -0.1) is 0 Å². The van der Waals surface area contributed by atoms with Gasteiger partial charge in [0, 0.05) is 12.6 Å². The van der Waals surface area contributed by atoms with Crippen LogP contribution in [0.25, 0.3) is 0 Å². The molecule has 6 heteroatoms. The highest BCUT2D eigenvalue weighted by Crippen LogP contribution is 2.28. The van der Waals surface area contributed by atoms with Gasteiger partial charge in [-0.25, -0.2) is 0 Å². The smallest absolute Gasteiger partial charge is 0.227 e. The number of ether oxygens (including phenoxy) is 2. The average molecular weight is 356 g/mol. The molecular formula is C20H24N2O4. The van der Waals surface area contributed by atoms with Crippen molar-refractivity contribution in [2.45, 2.75) is 27.2 Å². The van der Waals surface area contributed by atoms with Gasteiger partial charge in [0.15, 0.2) is 0 Å². The number of carbonyl (C=O) groups is 2. The van der Waals surface area contributed by atoms with Crippen LogP contribution in [0.1, 0.15) is 24.5 Å². The predicted molar refractivity (Wildman–Crippen MR) is 102 cm³/mol. The molecule has 0 aliphatic heterocycles. The van der Waals surface area contributed by atoms with Gasteiger partial charge < -0.3 is 20.1 Å². The minimum Gasteiger partial charge on any atom is -0.495 e. The first-order valence-corrected chi connectivity index (χ1v) is 8.35. The molecule has 0 unspecified atom stereocenters. The van der Waals surface area contributed by atoms with Gasteiger partial charge >= 0.3 is 0 Å². The van der Waals surface area contributed by atoms with Crippen LogP contribution in [-0.2, 0) is 9.59 Å². The Kier molecular flexibility index (Phi) is 6.60. The van der Waals surface area contributed by atoms with Crippen LogP contribution < -0.4 is 20.1 Å². The van der Waals surface area contributed by atoms with E-state index in [1.165, 1.54) is 14.0 Å². The van der Waals surface area contributed by atoms with Crippen molar-refractivity contribution < 1.29 is 19.1 Å². The SMILES string of the molecule is COc1ccc(NC(=O)CCOc2cccc(C)c2C)cc1NC(C)=O. The summed E-state index contributed by atoms with van der Waals surface area (Å²) in [6.45, 7) is 5.71. The summed E-state index contributed by atoms with van der Waals surface area (Å²) in [5, 5.41) is 5.47. The molecule has 0 saturated heterocycles. The highest BCUT2D eigenvalue weighted by atomic mass is 16.5. The molecule has 0 heterocycles. The monoisotopic (exact) mass is 356 g/mol. The molecule has 0 atom stereocenters. The third-order valence-electron chi connectivity index (χ3n) is 3.94. The first-order valence-electron chi connectivity index (χ1n) is 8.35. The van der Waals surface area contributed by atoms with E-state index in [9.17, 15) is 9.59 Å². The zero-order chi connectivity index (χ0) is 19.1. The first-order chi connectivity index (χ1) is 12.4. The number of amides is 2. The highest BCUT2D eigenvalue weighted by Gasteiger charge is 2.09. The number of rotatable bonds is 7. The second kappa shape index (κ2) is 8.89. The number of carbonyl (C=O) groups excluding carboxylic acids is 2. The first kappa shape index (κ1) is 19.3. The van der Waals surface area contributed by atoms with Gasteiger partial charge in [-0.1, -0.05) is 12.1 Å². The van der Waals surface area contributed by atoms with Gasteiger partial charge in [-0.05, 0) is 49.2 Å². The molecule has 0 radical (unpaired) electrons. The Balaban J connectivity index is 1.93. The zero-order valence-corrected chi connectivity index (χ0v) is 15.5. The van der Waals surface area contributed by atoms with Crippen LogP contribution in [0.4, 0.5) is 11.4 Å². The van der Waals surface area contributed by atoms with E-state index in [1.807, 2.05) is 32.0 Å². The maximum absolute atomic E-state index is 12.1.